The van der Waals surface area contributed by atoms with E-state index in [0.29, 0.717) is 26.9 Å². The number of amides is 2. The minimum Gasteiger partial charge on any atom is -0.423 e. The molecule has 0 bridgehead atoms. The van der Waals surface area contributed by atoms with Crippen LogP contribution in [0.15, 0.2) is 82.4 Å². The van der Waals surface area contributed by atoms with E-state index < -0.39 is 11.9 Å². The number of hydrogen-bond acceptors (Lipinski definition) is 5. The second-order valence-corrected chi connectivity index (χ2v) is 7.58. The molecule has 0 fully saturated rings. The zero-order valence-electron chi connectivity index (χ0n) is 17.2. The Morgan fingerprint density at radius 1 is 0.938 bits per heavy atom. The maximum atomic E-state index is 12.2. The quantitative estimate of drug-likeness (QED) is 0.226. The Bertz CT molecular complexity index is 1160. The number of halogens is 1. The first-order valence-electron chi connectivity index (χ1n) is 9.66. The molecule has 0 aliphatic heterocycles. The molecule has 3 aromatic carbocycles. The van der Waals surface area contributed by atoms with Crippen LogP contribution in [0.4, 0.5) is 0 Å². The van der Waals surface area contributed by atoms with Crippen molar-refractivity contribution in [2.45, 2.75) is 6.92 Å². The van der Waals surface area contributed by atoms with Gasteiger partial charge in [-0.25, -0.2) is 10.2 Å². The minimum atomic E-state index is -0.473. The summed E-state index contributed by atoms with van der Waals surface area (Å²) in [7, 11) is 0. The van der Waals surface area contributed by atoms with E-state index in [0.717, 1.165) is 5.56 Å². The van der Waals surface area contributed by atoms with Gasteiger partial charge in [0.25, 0.3) is 11.8 Å². The SMILES string of the molecule is Cc1ccccc1C(=O)NCC(=O)NN=Cc1ccc(OC(=O)c2ccccc2Br)cc1. The summed E-state index contributed by atoms with van der Waals surface area (Å²) in [6.07, 6.45) is 1.44. The third-order valence-corrected chi connectivity index (χ3v) is 5.08. The molecule has 0 spiro atoms. The molecule has 2 N–H and O–H groups in total. The Labute approximate surface area is 193 Å². The van der Waals surface area contributed by atoms with E-state index in [9.17, 15) is 14.4 Å². The maximum Gasteiger partial charge on any atom is 0.344 e. The smallest absolute Gasteiger partial charge is 0.344 e. The summed E-state index contributed by atoms with van der Waals surface area (Å²) in [5.41, 5.74) is 4.81. The van der Waals surface area contributed by atoms with Gasteiger partial charge in [0.1, 0.15) is 5.75 Å². The van der Waals surface area contributed by atoms with E-state index in [-0.39, 0.29) is 12.5 Å². The van der Waals surface area contributed by atoms with Crippen molar-refractivity contribution in [1.82, 2.24) is 10.7 Å². The van der Waals surface area contributed by atoms with Gasteiger partial charge in [-0.05, 0) is 76.4 Å². The summed E-state index contributed by atoms with van der Waals surface area (Å²) in [5, 5.41) is 6.42. The van der Waals surface area contributed by atoms with Crippen molar-refractivity contribution in [3.63, 3.8) is 0 Å². The standard InChI is InChI=1S/C24H20BrN3O4/c1-16-6-2-3-7-19(16)23(30)26-15-22(29)28-27-14-17-10-12-18(13-11-17)32-24(31)20-8-4-5-9-21(20)25/h2-14H,15H2,1H3,(H,26,30)(H,28,29). The topological polar surface area (TPSA) is 96.9 Å². The Balaban J connectivity index is 1.47. The fourth-order valence-corrected chi connectivity index (χ4v) is 3.16. The molecule has 0 aliphatic carbocycles. The number of carbonyl (C=O) groups excluding carboxylic acids is 3. The van der Waals surface area contributed by atoms with Crippen molar-refractivity contribution in [3.8, 4) is 5.75 Å². The van der Waals surface area contributed by atoms with E-state index in [1.54, 1.807) is 54.6 Å². The molecule has 7 nitrogen and oxygen atoms in total. The van der Waals surface area contributed by atoms with Crippen molar-refractivity contribution >= 4 is 39.9 Å². The Hall–Kier alpha value is -3.78. The van der Waals surface area contributed by atoms with Crippen LogP contribution in [0, 0.1) is 6.92 Å². The van der Waals surface area contributed by atoms with Gasteiger partial charge in [0.05, 0.1) is 18.3 Å². The van der Waals surface area contributed by atoms with Crippen LogP contribution in [-0.2, 0) is 4.79 Å². The molecule has 0 heterocycles. The van der Waals surface area contributed by atoms with Crippen LogP contribution in [0.5, 0.6) is 5.75 Å². The van der Waals surface area contributed by atoms with Crippen LogP contribution in [-0.4, -0.2) is 30.5 Å². The molecule has 0 aromatic heterocycles. The van der Waals surface area contributed by atoms with Gasteiger partial charge in [0.15, 0.2) is 0 Å². The molecular weight excluding hydrogens is 474 g/mol. The number of hydrazone groups is 1. The third kappa shape index (κ3) is 6.36. The van der Waals surface area contributed by atoms with Gasteiger partial charge < -0.3 is 10.1 Å². The van der Waals surface area contributed by atoms with E-state index in [1.165, 1.54) is 6.21 Å². The predicted molar refractivity (Wildman–Crippen MR) is 125 cm³/mol. The summed E-state index contributed by atoms with van der Waals surface area (Å²) in [4.78, 5) is 36.2. The lowest BCUT2D eigenvalue weighted by atomic mass is 10.1. The number of nitrogens with zero attached hydrogens (tertiary/aromatic N) is 1. The molecule has 8 heteroatoms. The third-order valence-electron chi connectivity index (χ3n) is 4.39. The lowest BCUT2D eigenvalue weighted by molar-refractivity contribution is -0.120. The molecule has 2 amide bonds. The molecule has 0 radical (unpaired) electrons. The zero-order valence-corrected chi connectivity index (χ0v) is 18.8. The van der Waals surface area contributed by atoms with Gasteiger partial charge in [-0.15, -0.1) is 0 Å². The Kier molecular flexibility index (Phi) is 7.88. The highest BCUT2D eigenvalue weighted by atomic mass is 79.9. The highest BCUT2D eigenvalue weighted by molar-refractivity contribution is 9.10. The summed E-state index contributed by atoms with van der Waals surface area (Å²) in [6.45, 7) is 1.63. The van der Waals surface area contributed by atoms with Gasteiger partial charge in [0, 0.05) is 10.0 Å². The highest BCUT2D eigenvalue weighted by Crippen LogP contribution is 2.19. The molecule has 0 atom stereocenters. The second-order valence-electron chi connectivity index (χ2n) is 6.73. The molecule has 0 saturated carbocycles. The highest BCUT2D eigenvalue weighted by Gasteiger charge is 2.12. The van der Waals surface area contributed by atoms with Crippen molar-refractivity contribution in [2.75, 3.05) is 6.54 Å². The first-order chi connectivity index (χ1) is 15.4. The van der Waals surface area contributed by atoms with Crippen molar-refractivity contribution < 1.29 is 19.1 Å². The van der Waals surface area contributed by atoms with Crippen LogP contribution in [0.25, 0.3) is 0 Å². The average molecular weight is 494 g/mol. The molecule has 0 aliphatic rings. The number of benzene rings is 3. The number of aryl methyl sites for hydroxylation is 1. The van der Waals surface area contributed by atoms with Gasteiger partial charge in [-0.2, -0.15) is 5.10 Å². The van der Waals surface area contributed by atoms with Crippen molar-refractivity contribution in [2.24, 2.45) is 5.10 Å². The van der Waals surface area contributed by atoms with Crippen LogP contribution in [0.3, 0.4) is 0 Å². The number of nitrogens with one attached hydrogen (secondary N) is 2. The second kappa shape index (κ2) is 11.0. The number of hydrogen-bond donors (Lipinski definition) is 2. The van der Waals surface area contributed by atoms with Crippen molar-refractivity contribution in [3.05, 3.63) is 99.5 Å². The fraction of sp³-hybridized carbons (Fsp3) is 0.0833. The molecule has 3 aromatic rings. The average Bonchev–Trinajstić information content (AvgIpc) is 2.79. The van der Waals surface area contributed by atoms with E-state index >= 15 is 0 Å². The lowest BCUT2D eigenvalue weighted by Gasteiger charge is -2.07. The number of esters is 1. The van der Waals surface area contributed by atoms with Gasteiger partial charge in [-0.3, -0.25) is 9.59 Å². The van der Waals surface area contributed by atoms with Crippen LogP contribution >= 0.6 is 15.9 Å². The largest absolute Gasteiger partial charge is 0.423 e. The van der Waals surface area contributed by atoms with Gasteiger partial charge >= 0.3 is 5.97 Å². The summed E-state index contributed by atoms with van der Waals surface area (Å²) in [5.74, 6) is -0.873. The predicted octanol–water partition coefficient (Wildman–Crippen LogP) is 3.86. The normalized spacial score (nSPS) is 10.6. The Morgan fingerprint density at radius 3 is 2.28 bits per heavy atom. The Morgan fingerprint density at radius 2 is 1.59 bits per heavy atom. The minimum absolute atomic E-state index is 0.200. The van der Waals surface area contributed by atoms with Crippen LogP contribution in [0.2, 0.25) is 0 Å². The van der Waals surface area contributed by atoms with Gasteiger partial charge in [0.2, 0.25) is 0 Å². The van der Waals surface area contributed by atoms with Gasteiger partial charge in [-0.1, -0.05) is 30.3 Å². The number of carbonyl (C=O) groups is 3. The van der Waals surface area contributed by atoms with E-state index in [4.69, 9.17) is 4.74 Å². The molecular formula is C24H20BrN3O4. The summed E-state index contributed by atoms with van der Waals surface area (Å²) < 4.78 is 6.01. The zero-order chi connectivity index (χ0) is 22.9. The molecule has 0 unspecified atom stereocenters. The van der Waals surface area contributed by atoms with E-state index in [2.05, 4.69) is 31.8 Å². The monoisotopic (exact) mass is 493 g/mol. The number of ether oxygens (including phenoxy) is 1. The fourth-order valence-electron chi connectivity index (χ4n) is 2.71. The van der Waals surface area contributed by atoms with E-state index in [1.807, 2.05) is 25.1 Å². The maximum absolute atomic E-state index is 12.2. The number of rotatable bonds is 7. The first kappa shape index (κ1) is 22.9. The molecule has 162 valence electrons. The van der Waals surface area contributed by atoms with Crippen LogP contribution < -0.4 is 15.5 Å². The lowest BCUT2D eigenvalue weighted by Crippen LogP contribution is -2.35. The molecule has 0 saturated heterocycles. The molecule has 3 rings (SSSR count). The molecule has 32 heavy (non-hydrogen) atoms. The summed E-state index contributed by atoms with van der Waals surface area (Å²) in [6, 6.07) is 20.8. The summed E-state index contributed by atoms with van der Waals surface area (Å²) >= 11 is 3.32. The van der Waals surface area contributed by atoms with Crippen molar-refractivity contribution in [1.29, 1.82) is 0 Å². The first-order valence-corrected chi connectivity index (χ1v) is 10.5. The van der Waals surface area contributed by atoms with Crippen LogP contribution in [0.1, 0.15) is 31.8 Å².